The molecule has 0 atom stereocenters. The Kier molecular flexibility index (Phi) is 3.26. The van der Waals surface area contributed by atoms with E-state index in [0.717, 1.165) is 27.8 Å². The molecule has 3 rings (SSSR count). The van der Waals surface area contributed by atoms with Crippen molar-refractivity contribution < 1.29 is 13.9 Å². The van der Waals surface area contributed by atoms with Crippen molar-refractivity contribution in [2.45, 2.75) is 13.8 Å². The van der Waals surface area contributed by atoms with Crippen LogP contribution >= 0.6 is 0 Å². The zero-order valence-electron chi connectivity index (χ0n) is 12.3. The van der Waals surface area contributed by atoms with Crippen LogP contribution in [-0.2, 0) is 0 Å². The van der Waals surface area contributed by atoms with E-state index in [1.54, 1.807) is 25.3 Å². The highest BCUT2D eigenvalue weighted by Gasteiger charge is 2.17. The summed E-state index contributed by atoms with van der Waals surface area (Å²) in [6.07, 6.45) is 0. The molecule has 0 N–H and O–H groups in total. The van der Waals surface area contributed by atoms with Gasteiger partial charge in [-0.1, -0.05) is 11.6 Å². The normalized spacial score (nSPS) is 10.8. The zero-order valence-corrected chi connectivity index (χ0v) is 12.3. The number of hydrogen-bond acceptors (Lipinski definition) is 3. The summed E-state index contributed by atoms with van der Waals surface area (Å²) in [5.41, 5.74) is 3.38. The Hall–Kier alpha value is -2.55. The van der Waals surface area contributed by atoms with Crippen LogP contribution in [0.3, 0.4) is 0 Å². The molecule has 0 aliphatic rings. The molecule has 0 bridgehead atoms. The molecule has 106 valence electrons. The molecular formula is C18H16O3. The van der Waals surface area contributed by atoms with Gasteiger partial charge in [-0.05, 0) is 55.8 Å². The Labute approximate surface area is 123 Å². The molecule has 3 nitrogen and oxygen atoms in total. The number of rotatable bonds is 3. The van der Waals surface area contributed by atoms with Crippen LogP contribution in [0.15, 0.2) is 46.9 Å². The number of methoxy groups -OCH3 is 1. The molecule has 21 heavy (non-hydrogen) atoms. The molecule has 0 saturated carbocycles. The first kappa shape index (κ1) is 13.4. The third-order valence-electron chi connectivity index (χ3n) is 3.57. The third-order valence-corrected chi connectivity index (χ3v) is 3.57. The lowest BCUT2D eigenvalue weighted by atomic mass is 10.0. The largest absolute Gasteiger partial charge is 0.497 e. The molecule has 2 aromatic carbocycles. The molecule has 3 heteroatoms. The molecule has 0 unspecified atom stereocenters. The van der Waals surface area contributed by atoms with Crippen molar-refractivity contribution in [1.29, 1.82) is 0 Å². The average Bonchev–Trinajstić information content (AvgIpc) is 2.89. The standard InChI is InChI=1S/C18H16O3/c1-11-4-7-16-13(8-11)10-17(21-16)18(19)15-6-5-14(20-3)9-12(15)2/h4-10H,1-3H3. The monoisotopic (exact) mass is 280 g/mol. The second kappa shape index (κ2) is 5.09. The van der Waals surface area contributed by atoms with Gasteiger partial charge in [0.05, 0.1) is 7.11 Å². The molecule has 0 aliphatic heterocycles. The van der Waals surface area contributed by atoms with Gasteiger partial charge < -0.3 is 9.15 Å². The minimum Gasteiger partial charge on any atom is -0.497 e. The summed E-state index contributed by atoms with van der Waals surface area (Å²) in [4.78, 5) is 12.6. The molecule has 1 heterocycles. The highest BCUT2D eigenvalue weighted by Crippen LogP contribution is 2.25. The van der Waals surface area contributed by atoms with Crippen molar-refractivity contribution in [3.63, 3.8) is 0 Å². The topological polar surface area (TPSA) is 39.4 Å². The van der Waals surface area contributed by atoms with Crippen LogP contribution in [0.2, 0.25) is 0 Å². The van der Waals surface area contributed by atoms with Gasteiger partial charge in [0, 0.05) is 10.9 Å². The fourth-order valence-electron chi connectivity index (χ4n) is 2.43. The van der Waals surface area contributed by atoms with Crippen LogP contribution in [0.5, 0.6) is 5.75 Å². The Morgan fingerprint density at radius 1 is 1.05 bits per heavy atom. The number of benzene rings is 2. The lowest BCUT2D eigenvalue weighted by Crippen LogP contribution is -2.02. The summed E-state index contributed by atoms with van der Waals surface area (Å²) in [5, 5.41) is 0.949. The lowest BCUT2D eigenvalue weighted by molar-refractivity contribution is 0.101. The first-order valence-corrected chi connectivity index (χ1v) is 6.78. The Balaban J connectivity index is 2.03. The summed E-state index contributed by atoms with van der Waals surface area (Å²) >= 11 is 0. The van der Waals surface area contributed by atoms with Crippen LogP contribution in [0, 0.1) is 13.8 Å². The van der Waals surface area contributed by atoms with E-state index in [-0.39, 0.29) is 5.78 Å². The molecule has 0 aliphatic carbocycles. The van der Waals surface area contributed by atoms with E-state index in [1.165, 1.54) is 0 Å². The minimum atomic E-state index is -0.107. The maximum Gasteiger partial charge on any atom is 0.228 e. The van der Waals surface area contributed by atoms with E-state index >= 15 is 0 Å². The maximum absolute atomic E-state index is 12.6. The smallest absolute Gasteiger partial charge is 0.228 e. The maximum atomic E-state index is 12.6. The van der Waals surface area contributed by atoms with Gasteiger partial charge in [-0.2, -0.15) is 0 Å². The van der Waals surface area contributed by atoms with Gasteiger partial charge in [-0.15, -0.1) is 0 Å². The SMILES string of the molecule is COc1ccc(C(=O)c2cc3cc(C)ccc3o2)c(C)c1. The first-order chi connectivity index (χ1) is 10.1. The van der Waals surface area contributed by atoms with Crippen molar-refractivity contribution in [2.24, 2.45) is 0 Å². The van der Waals surface area contributed by atoms with E-state index in [2.05, 4.69) is 0 Å². The predicted molar refractivity (Wildman–Crippen MR) is 82.1 cm³/mol. The number of aryl methyl sites for hydroxylation is 2. The van der Waals surface area contributed by atoms with Gasteiger partial charge in [0.1, 0.15) is 11.3 Å². The van der Waals surface area contributed by atoms with Crippen LogP contribution in [0.1, 0.15) is 27.2 Å². The third kappa shape index (κ3) is 2.42. The summed E-state index contributed by atoms with van der Waals surface area (Å²) in [5.74, 6) is 0.997. The highest BCUT2D eigenvalue weighted by molar-refractivity contribution is 6.09. The Bertz CT molecular complexity index is 828. The van der Waals surface area contributed by atoms with Gasteiger partial charge in [0.15, 0.2) is 5.76 Å². The fourth-order valence-corrected chi connectivity index (χ4v) is 2.43. The van der Waals surface area contributed by atoms with E-state index < -0.39 is 0 Å². The van der Waals surface area contributed by atoms with E-state index in [0.29, 0.717) is 11.3 Å². The summed E-state index contributed by atoms with van der Waals surface area (Å²) in [7, 11) is 1.61. The highest BCUT2D eigenvalue weighted by atomic mass is 16.5. The number of fused-ring (bicyclic) bond motifs is 1. The van der Waals surface area contributed by atoms with E-state index in [9.17, 15) is 4.79 Å². The lowest BCUT2D eigenvalue weighted by Gasteiger charge is -2.05. The summed E-state index contributed by atoms with van der Waals surface area (Å²) in [6.45, 7) is 3.91. The van der Waals surface area contributed by atoms with Gasteiger partial charge in [-0.25, -0.2) is 0 Å². The molecular weight excluding hydrogens is 264 g/mol. The van der Waals surface area contributed by atoms with Gasteiger partial charge in [0.25, 0.3) is 0 Å². The van der Waals surface area contributed by atoms with Crippen molar-refractivity contribution in [3.8, 4) is 5.75 Å². The molecule has 3 aromatic rings. The average molecular weight is 280 g/mol. The molecule has 1 aromatic heterocycles. The van der Waals surface area contributed by atoms with Gasteiger partial charge in [-0.3, -0.25) is 4.79 Å². The number of carbonyl (C=O) groups excluding carboxylic acids is 1. The zero-order chi connectivity index (χ0) is 15.0. The van der Waals surface area contributed by atoms with Crippen molar-refractivity contribution in [2.75, 3.05) is 7.11 Å². The first-order valence-electron chi connectivity index (χ1n) is 6.78. The van der Waals surface area contributed by atoms with Crippen LogP contribution in [-0.4, -0.2) is 12.9 Å². The number of carbonyl (C=O) groups is 1. The number of ether oxygens (including phenoxy) is 1. The van der Waals surface area contributed by atoms with E-state index in [4.69, 9.17) is 9.15 Å². The molecule has 0 fully saturated rings. The van der Waals surface area contributed by atoms with Crippen LogP contribution < -0.4 is 4.74 Å². The second-order valence-corrected chi connectivity index (χ2v) is 5.16. The Morgan fingerprint density at radius 3 is 2.57 bits per heavy atom. The predicted octanol–water partition coefficient (Wildman–Crippen LogP) is 4.29. The number of ketones is 1. The summed E-state index contributed by atoms with van der Waals surface area (Å²) in [6, 6.07) is 13.1. The fraction of sp³-hybridized carbons (Fsp3) is 0.167. The summed E-state index contributed by atoms with van der Waals surface area (Å²) < 4.78 is 10.8. The van der Waals surface area contributed by atoms with E-state index in [1.807, 2.05) is 38.1 Å². The van der Waals surface area contributed by atoms with Crippen molar-refractivity contribution >= 4 is 16.8 Å². The van der Waals surface area contributed by atoms with Gasteiger partial charge >= 0.3 is 0 Å². The minimum absolute atomic E-state index is 0.107. The van der Waals surface area contributed by atoms with Gasteiger partial charge in [0.2, 0.25) is 5.78 Å². The van der Waals surface area contributed by atoms with Crippen molar-refractivity contribution in [1.82, 2.24) is 0 Å². The molecule has 0 amide bonds. The molecule has 0 radical (unpaired) electrons. The Morgan fingerprint density at radius 2 is 1.86 bits per heavy atom. The molecule has 0 spiro atoms. The van der Waals surface area contributed by atoms with Crippen LogP contribution in [0.4, 0.5) is 0 Å². The quantitative estimate of drug-likeness (QED) is 0.672. The second-order valence-electron chi connectivity index (χ2n) is 5.16. The molecule has 0 saturated heterocycles. The van der Waals surface area contributed by atoms with Crippen LogP contribution in [0.25, 0.3) is 11.0 Å². The number of hydrogen-bond donors (Lipinski definition) is 0. The van der Waals surface area contributed by atoms with Crippen molar-refractivity contribution in [3.05, 3.63) is 64.9 Å². The number of furan rings is 1.